The summed E-state index contributed by atoms with van der Waals surface area (Å²) in [5, 5.41) is 3.22. The Morgan fingerprint density at radius 1 is 1.50 bits per heavy atom. The van der Waals surface area contributed by atoms with Crippen LogP contribution in [0.1, 0.15) is 24.8 Å². The molecule has 1 aromatic rings. The standard InChI is InChI=1S/C16H23BrN2O/c1-18-11-14-5-3-9-19(12-14)16(20)8-7-13-4-2-6-15(17)10-13/h2,4,6,10,14,18H,3,5,7-9,11-12H2,1H3. The molecule has 1 fully saturated rings. The van der Waals surface area contributed by atoms with Crippen molar-refractivity contribution < 1.29 is 4.79 Å². The van der Waals surface area contributed by atoms with E-state index in [-0.39, 0.29) is 0 Å². The number of piperidine rings is 1. The van der Waals surface area contributed by atoms with Gasteiger partial charge >= 0.3 is 0 Å². The number of amides is 1. The summed E-state index contributed by atoms with van der Waals surface area (Å²) in [7, 11) is 1.98. The highest BCUT2D eigenvalue weighted by atomic mass is 79.9. The highest BCUT2D eigenvalue weighted by molar-refractivity contribution is 9.10. The van der Waals surface area contributed by atoms with E-state index in [1.165, 1.54) is 12.0 Å². The first-order chi connectivity index (χ1) is 9.69. The molecular formula is C16H23BrN2O. The molecule has 1 unspecified atom stereocenters. The average molecular weight is 339 g/mol. The second-order valence-corrected chi connectivity index (χ2v) is 6.45. The van der Waals surface area contributed by atoms with Crippen LogP contribution in [0.25, 0.3) is 0 Å². The number of rotatable bonds is 5. The van der Waals surface area contributed by atoms with Gasteiger partial charge in [0.1, 0.15) is 0 Å². The van der Waals surface area contributed by atoms with Crippen molar-refractivity contribution in [2.24, 2.45) is 5.92 Å². The van der Waals surface area contributed by atoms with Gasteiger partial charge in [-0.1, -0.05) is 28.1 Å². The summed E-state index contributed by atoms with van der Waals surface area (Å²) in [6.45, 7) is 2.85. The number of carbonyl (C=O) groups excluding carboxylic acids is 1. The molecule has 1 aliphatic rings. The summed E-state index contributed by atoms with van der Waals surface area (Å²) in [5.74, 6) is 0.911. The van der Waals surface area contributed by atoms with Gasteiger partial charge in [0.2, 0.25) is 5.91 Å². The van der Waals surface area contributed by atoms with Gasteiger partial charge in [0.25, 0.3) is 0 Å². The van der Waals surface area contributed by atoms with Crippen molar-refractivity contribution in [1.29, 1.82) is 0 Å². The fraction of sp³-hybridized carbons (Fsp3) is 0.562. The van der Waals surface area contributed by atoms with Crippen LogP contribution in [0, 0.1) is 5.92 Å². The summed E-state index contributed by atoms with van der Waals surface area (Å²) >= 11 is 3.47. The normalized spacial score (nSPS) is 19.1. The van der Waals surface area contributed by atoms with Crippen molar-refractivity contribution in [3.63, 3.8) is 0 Å². The van der Waals surface area contributed by atoms with Crippen molar-refractivity contribution in [2.45, 2.75) is 25.7 Å². The molecule has 3 nitrogen and oxygen atoms in total. The van der Waals surface area contributed by atoms with Crippen LogP contribution in [0.5, 0.6) is 0 Å². The quantitative estimate of drug-likeness (QED) is 0.895. The Bertz CT molecular complexity index is 448. The molecule has 1 heterocycles. The third kappa shape index (κ3) is 4.60. The number of nitrogens with one attached hydrogen (secondary N) is 1. The minimum atomic E-state index is 0.297. The Morgan fingerprint density at radius 2 is 2.35 bits per heavy atom. The lowest BCUT2D eigenvalue weighted by Crippen LogP contribution is -2.42. The molecule has 0 bridgehead atoms. The van der Waals surface area contributed by atoms with Gasteiger partial charge in [-0.2, -0.15) is 0 Å². The molecule has 0 aromatic heterocycles. The van der Waals surface area contributed by atoms with E-state index in [0.29, 0.717) is 18.2 Å². The molecular weight excluding hydrogens is 316 g/mol. The fourth-order valence-electron chi connectivity index (χ4n) is 2.85. The predicted molar refractivity (Wildman–Crippen MR) is 85.7 cm³/mol. The second-order valence-electron chi connectivity index (χ2n) is 5.54. The highest BCUT2D eigenvalue weighted by Crippen LogP contribution is 2.18. The van der Waals surface area contributed by atoms with Gasteiger partial charge in [0.15, 0.2) is 0 Å². The van der Waals surface area contributed by atoms with Gasteiger partial charge in [0.05, 0.1) is 0 Å². The molecule has 1 aromatic carbocycles. The smallest absolute Gasteiger partial charge is 0.222 e. The van der Waals surface area contributed by atoms with Gasteiger partial charge in [0, 0.05) is 24.0 Å². The lowest BCUT2D eigenvalue weighted by Gasteiger charge is -2.32. The Balaban J connectivity index is 1.82. The SMILES string of the molecule is CNCC1CCCN(C(=O)CCc2cccc(Br)c2)C1. The van der Waals surface area contributed by atoms with E-state index >= 15 is 0 Å². The summed E-state index contributed by atoms with van der Waals surface area (Å²) in [5.41, 5.74) is 1.22. The first kappa shape index (κ1) is 15.5. The van der Waals surface area contributed by atoms with Crippen molar-refractivity contribution in [2.75, 3.05) is 26.7 Å². The largest absolute Gasteiger partial charge is 0.342 e. The monoisotopic (exact) mass is 338 g/mol. The molecule has 0 radical (unpaired) electrons. The summed E-state index contributed by atoms with van der Waals surface area (Å²) < 4.78 is 1.08. The Labute approximate surface area is 129 Å². The van der Waals surface area contributed by atoms with Gasteiger partial charge in [-0.15, -0.1) is 0 Å². The van der Waals surface area contributed by atoms with E-state index in [2.05, 4.69) is 33.4 Å². The van der Waals surface area contributed by atoms with E-state index in [1.807, 2.05) is 24.1 Å². The molecule has 0 aliphatic carbocycles. The number of hydrogen-bond acceptors (Lipinski definition) is 2. The first-order valence-electron chi connectivity index (χ1n) is 7.36. The molecule has 110 valence electrons. The molecule has 0 spiro atoms. The molecule has 20 heavy (non-hydrogen) atoms. The third-order valence-electron chi connectivity index (χ3n) is 3.88. The van der Waals surface area contributed by atoms with Crippen LogP contribution < -0.4 is 5.32 Å². The van der Waals surface area contributed by atoms with Crippen LogP contribution in [0.15, 0.2) is 28.7 Å². The second kappa shape index (κ2) is 7.79. The van der Waals surface area contributed by atoms with Crippen LogP contribution in [0.3, 0.4) is 0 Å². The van der Waals surface area contributed by atoms with Crippen LogP contribution in [0.2, 0.25) is 0 Å². The average Bonchev–Trinajstić information content (AvgIpc) is 2.45. The summed E-state index contributed by atoms with van der Waals surface area (Å²) in [6, 6.07) is 8.21. The first-order valence-corrected chi connectivity index (χ1v) is 8.15. The lowest BCUT2D eigenvalue weighted by atomic mass is 9.97. The number of nitrogens with zero attached hydrogens (tertiary/aromatic N) is 1. The number of carbonyl (C=O) groups is 1. The zero-order chi connectivity index (χ0) is 14.4. The maximum Gasteiger partial charge on any atom is 0.222 e. The fourth-order valence-corrected chi connectivity index (χ4v) is 3.30. The minimum Gasteiger partial charge on any atom is -0.342 e. The highest BCUT2D eigenvalue weighted by Gasteiger charge is 2.22. The number of halogens is 1. The maximum atomic E-state index is 12.3. The minimum absolute atomic E-state index is 0.297. The molecule has 1 atom stereocenters. The zero-order valence-corrected chi connectivity index (χ0v) is 13.7. The van der Waals surface area contributed by atoms with Crippen molar-refractivity contribution in [3.05, 3.63) is 34.3 Å². The molecule has 0 saturated carbocycles. The summed E-state index contributed by atoms with van der Waals surface area (Å²) in [6.07, 6.45) is 3.80. The number of benzene rings is 1. The van der Waals surface area contributed by atoms with Crippen molar-refractivity contribution >= 4 is 21.8 Å². The van der Waals surface area contributed by atoms with Gasteiger partial charge in [-0.25, -0.2) is 0 Å². The van der Waals surface area contributed by atoms with E-state index in [1.54, 1.807) is 0 Å². The maximum absolute atomic E-state index is 12.3. The van der Waals surface area contributed by atoms with Crippen LogP contribution in [0.4, 0.5) is 0 Å². The molecule has 1 N–H and O–H groups in total. The molecule has 1 amide bonds. The van der Waals surface area contributed by atoms with Crippen LogP contribution in [-0.4, -0.2) is 37.5 Å². The van der Waals surface area contributed by atoms with Crippen molar-refractivity contribution in [3.8, 4) is 0 Å². The van der Waals surface area contributed by atoms with E-state index in [4.69, 9.17) is 0 Å². The molecule has 1 saturated heterocycles. The zero-order valence-electron chi connectivity index (χ0n) is 12.1. The van der Waals surface area contributed by atoms with E-state index in [9.17, 15) is 4.79 Å². The Hall–Kier alpha value is -0.870. The van der Waals surface area contributed by atoms with E-state index in [0.717, 1.165) is 36.9 Å². The van der Waals surface area contributed by atoms with Crippen LogP contribution in [-0.2, 0) is 11.2 Å². The topological polar surface area (TPSA) is 32.3 Å². The van der Waals surface area contributed by atoms with Gasteiger partial charge in [-0.05, 0) is 56.5 Å². The third-order valence-corrected chi connectivity index (χ3v) is 4.37. The predicted octanol–water partition coefficient (Wildman–Crippen LogP) is 2.84. The summed E-state index contributed by atoms with van der Waals surface area (Å²) in [4.78, 5) is 14.3. The number of likely N-dealkylation sites (tertiary alicyclic amines) is 1. The Morgan fingerprint density at radius 3 is 3.10 bits per heavy atom. The van der Waals surface area contributed by atoms with Crippen LogP contribution >= 0.6 is 15.9 Å². The van der Waals surface area contributed by atoms with Gasteiger partial charge < -0.3 is 10.2 Å². The van der Waals surface area contributed by atoms with Gasteiger partial charge in [-0.3, -0.25) is 4.79 Å². The number of aryl methyl sites for hydroxylation is 1. The Kier molecular flexibility index (Phi) is 6.05. The molecule has 4 heteroatoms. The lowest BCUT2D eigenvalue weighted by molar-refractivity contribution is -0.132. The number of hydrogen-bond donors (Lipinski definition) is 1. The molecule has 2 rings (SSSR count). The van der Waals surface area contributed by atoms with Crippen molar-refractivity contribution in [1.82, 2.24) is 10.2 Å². The van der Waals surface area contributed by atoms with E-state index < -0.39 is 0 Å². The molecule has 1 aliphatic heterocycles.